The van der Waals surface area contributed by atoms with Gasteiger partial charge in [0.05, 0.1) is 11.1 Å². The van der Waals surface area contributed by atoms with Crippen molar-refractivity contribution in [2.75, 3.05) is 0 Å². The van der Waals surface area contributed by atoms with Crippen LogP contribution in [0.2, 0.25) is 0 Å². The Morgan fingerprint density at radius 3 is 2.94 bits per heavy atom. The monoisotopic (exact) mass is 234 g/mol. The van der Waals surface area contributed by atoms with Crippen molar-refractivity contribution in [3.8, 4) is 0 Å². The number of nitrogens with zero attached hydrogens (tertiary/aromatic N) is 3. The third-order valence-corrected chi connectivity index (χ3v) is 3.17. The zero-order valence-corrected chi connectivity index (χ0v) is 10.1. The lowest BCUT2D eigenvalue weighted by Gasteiger charge is -2.09. The summed E-state index contributed by atoms with van der Waals surface area (Å²) < 4.78 is 1.77. The average Bonchev–Trinajstić information content (AvgIpc) is 2.64. The lowest BCUT2D eigenvalue weighted by molar-refractivity contribution is 0.766. The van der Waals surface area contributed by atoms with Gasteiger partial charge in [0, 0.05) is 31.0 Å². The Morgan fingerprint density at radius 2 is 2.31 bits per heavy atom. The zero-order chi connectivity index (χ0) is 11.5. The predicted octanol–water partition coefficient (Wildman–Crippen LogP) is 1.99. The second kappa shape index (κ2) is 4.67. The molecule has 2 N–H and O–H groups in total. The van der Waals surface area contributed by atoms with Crippen molar-refractivity contribution in [3.05, 3.63) is 36.3 Å². The molecule has 16 heavy (non-hydrogen) atoms. The number of nitrogens with two attached hydrogens (primary N) is 1. The fraction of sp³-hybridized carbons (Fsp3) is 0.273. The standard InChI is InChI=1S/C11H14N4S/c1-8(12)10-4-3-5-13-11(10)16-9-6-14-15(2)7-9/h3-8H,12H2,1-2H3/t8-/m1/s1. The normalized spacial score (nSPS) is 12.7. The zero-order valence-electron chi connectivity index (χ0n) is 9.29. The molecule has 2 heterocycles. The molecule has 0 bridgehead atoms. The first kappa shape index (κ1) is 11.2. The van der Waals surface area contributed by atoms with Gasteiger partial charge in [-0.05, 0) is 13.0 Å². The number of hydrogen-bond acceptors (Lipinski definition) is 4. The summed E-state index contributed by atoms with van der Waals surface area (Å²) in [5, 5.41) is 5.07. The van der Waals surface area contributed by atoms with E-state index in [4.69, 9.17) is 5.73 Å². The van der Waals surface area contributed by atoms with Crippen LogP contribution in [0.25, 0.3) is 0 Å². The molecule has 0 aliphatic carbocycles. The lowest BCUT2D eigenvalue weighted by atomic mass is 10.2. The molecule has 0 unspecified atom stereocenters. The summed E-state index contributed by atoms with van der Waals surface area (Å²) in [6.07, 6.45) is 5.57. The van der Waals surface area contributed by atoms with Gasteiger partial charge in [0.15, 0.2) is 0 Å². The molecule has 2 rings (SSSR count). The average molecular weight is 234 g/mol. The van der Waals surface area contributed by atoms with Gasteiger partial charge in [0.25, 0.3) is 0 Å². The van der Waals surface area contributed by atoms with Gasteiger partial charge in [-0.25, -0.2) is 4.98 Å². The summed E-state index contributed by atoms with van der Waals surface area (Å²) >= 11 is 1.59. The van der Waals surface area contributed by atoms with Crippen molar-refractivity contribution in [1.82, 2.24) is 14.8 Å². The van der Waals surface area contributed by atoms with E-state index < -0.39 is 0 Å². The van der Waals surface area contributed by atoms with E-state index in [1.807, 2.05) is 38.5 Å². The Morgan fingerprint density at radius 1 is 1.50 bits per heavy atom. The molecule has 84 valence electrons. The Bertz CT molecular complexity index is 478. The summed E-state index contributed by atoms with van der Waals surface area (Å²) in [7, 11) is 1.90. The molecule has 0 saturated carbocycles. The molecule has 2 aromatic rings. The number of rotatable bonds is 3. The van der Waals surface area contributed by atoms with E-state index in [9.17, 15) is 0 Å². The fourth-order valence-electron chi connectivity index (χ4n) is 1.40. The smallest absolute Gasteiger partial charge is 0.106 e. The Kier molecular flexibility index (Phi) is 3.26. The molecule has 5 heteroatoms. The van der Waals surface area contributed by atoms with Crippen molar-refractivity contribution in [2.24, 2.45) is 12.8 Å². The van der Waals surface area contributed by atoms with E-state index in [1.54, 1.807) is 22.6 Å². The van der Waals surface area contributed by atoms with Gasteiger partial charge in [0.2, 0.25) is 0 Å². The predicted molar refractivity (Wildman–Crippen MR) is 64.2 cm³/mol. The van der Waals surface area contributed by atoms with E-state index >= 15 is 0 Å². The van der Waals surface area contributed by atoms with Crippen molar-refractivity contribution in [3.63, 3.8) is 0 Å². The van der Waals surface area contributed by atoms with E-state index in [0.29, 0.717) is 0 Å². The third kappa shape index (κ3) is 2.43. The Balaban J connectivity index is 2.27. The summed E-state index contributed by atoms with van der Waals surface area (Å²) in [6.45, 7) is 1.96. The van der Waals surface area contributed by atoms with E-state index in [0.717, 1.165) is 15.5 Å². The van der Waals surface area contributed by atoms with Gasteiger partial charge in [-0.15, -0.1) is 0 Å². The number of aromatic nitrogens is 3. The van der Waals surface area contributed by atoms with Gasteiger partial charge in [-0.3, -0.25) is 4.68 Å². The van der Waals surface area contributed by atoms with Crippen LogP contribution in [0.1, 0.15) is 18.5 Å². The maximum atomic E-state index is 5.90. The molecule has 0 radical (unpaired) electrons. The van der Waals surface area contributed by atoms with Crippen LogP contribution in [0, 0.1) is 0 Å². The largest absolute Gasteiger partial charge is 0.324 e. The van der Waals surface area contributed by atoms with Gasteiger partial charge >= 0.3 is 0 Å². The highest BCUT2D eigenvalue weighted by atomic mass is 32.2. The molecule has 2 aromatic heterocycles. The summed E-state index contributed by atoms with van der Waals surface area (Å²) in [5.41, 5.74) is 6.97. The number of hydrogen-bond donors (Lipinski definition) is 1. The molecule has 4 nitrogen and oxygen atoms in total. The number of aryl methyl sites for hydroxylation is 1. The van der Waals surface area contributed by atoms with E-state index in [1.165, 1.54) is 0 Å². The van der Waals surface area contributed by atoms with Crippen LogP contribution in [0.3, 0.4) is 0 Å². The minimum absolute atomic E-state index is 0.00660. The fourth-order valence-corrected chi connectivity index (χ4v) is 2.41. The van der Waals surface area contributed by atoms with Gasteiger partial charge in [-0.2, -0.15) is 5.10 Å². The van der Waals surface area contributed by atoms with Crippen LogP contribution in [-0.4, -0.2) is 14.8 Å². The second-order valence-corrected chi connectivity index (χ2v) is 4.70. The molecular formula is C11H14N4S. The molecule has 1 atom stereocenters. The maximum Gasteiger partial charge on any atom is 0.106 e. The van der Waals surface area contributed by atoms with Crippen molar-refractivity contribution in [2.45, 2.75) is 22.9 Å². The highest BCUT2D eigenvalue weighted by molar-refractivity contribution is 7.99. The van der Waals surface area contributed by atoms with Crippen LogP contribution >= 0.6 is 11.8 Å². The Hall–Kier alpha value is -1.33. The van der Waals surface area contributed by atoms with Crippen molar-refractivity contribution < 1.29 is 0 Å². The number of pyridine rings is 1. The molecule has 0 saturated heterocycles. The molecule has 0 spiro atoms. The quantitative estimate of drug-likeness (QED) is 0.882. The topological polar surface area (TPSA) is 56.7 Å². The first-order valence-corrected chi connectivity index (χ1v) is 5.85. The van der Waals surface area contributed by atoms with Gasteiger partial charge in [0.1, 0.15) is 5.03 Å². The minimum atomic E-state index is -0.00660. The maximum absolute atomic E-state index is 5.90. The highest BCUT2D eigenvalue weighted by Gasteiger charge is 2.09. The van der Waals surface area contributed by atoms with Crippen LogP contribution in [0.4, 0.5) is 0 Å². The SMILES string of the molecule is C[C@@H](N)c1cccnc1Sc1cnn(C)c1. The van der Waals surface area contributed by atoms with Crippen LogP contribution < -0.4 is 5.73 Å². The summed E-state index contributed by atoms with van der Waals surface area (Å²) in [4.78, 5) is 5.42. The van der Waals surface area contributed by atoms with Crippen LogP contribution in [0.5, 0.6) is 0 Å². The third-order valence-electron chi connectivity index (χ3n) is 2.19. The second-order valence-electron chi connectivity index (χ2n) is 3.64. The van der Waals surface area contributed by atoms with Gasteiger partial charge in [-0.1, -0.05) is 17.8 Å². The first-order chi connectivity index (χ1) is 7.66. The van der Waals surface area contributed by atoms with Gasteiger partial charge < -0.3 is 5.73 Å². The molecule has 0 aliphatic rings. The molecule has 0 aromatic carbocycles. The molecule has 0 fully saturated rings. The van der Waals surface area contributed by atoms with Crippen LogP contribution in [-0.2, 0) is 7.05 Å². The molecular weight excluding hydrogens is 220 g/mol. The lowest BCUT2D eigenvalue weighted by Crippen LogP contribution is -2.06. The molecule has 0 amide bonds. The Labute approximate surface area is 98.9 Å². The van der Waals surface area contributed by atoms with Crippen molar-refractivity contribution >= 4 is 11.8 Å². The first-order valence-electron chi connectivity index (χ1n) is 5.04. The van der Waals surface area contributed by atoms with Crippen LogP contribution in [0.15, 0.2) is 40.6 Å². The van der Waals surface area contributed by atoms with E-state index in [-0.39, 0.29) is 6.04 Å². The summed E-state index contributed by atoms with van der Waals surface area (Å²) in [6, 6.07) is 3.91. The minimum Gasteiger partial charge on any atom is -0.324 e. The molecule has 0 aliphatic heterocycles. The van der Waals surface area contributed by atoms with E-state index in [2.05, 4.69) is 10.1 Å². The highest BCUT2D eigenvalue weighted by Crippen LogP contribution is 2.30. The summed E-state index contributed by atoms with van der Waals surface area (Å²) in [5.74, 6) is 0. The van der Waals surface area contributed by atoms with Crippen molar-refractivity contribution in [1.29, 1.82) is 0 Å².